The van der Waals surface area contributed by atoms with Crippen molar-refractivity contribution < 1.29 is 18.0 Å². The highest BCUT2D eigenvalue weighted by Gasteiger charge is 2.32. The molecule has 2 rings (SSSR count). The van der Waals surface area contributed by atoms with Crippen LogP contribution in [0.1, 0.15) is 25.3 Å². The molecule has 0 aliphatic carbocycles. The average molecular weight is 286 g/mol. The molecule has 1 aliphatic heterocycles. The third-order valence-corrected chi connectivity index (χ3v) is 3.32. The molecule has 1 amide bonds. The van der Waals surface area contributed by atoms with E-state index in [4.69, 9.17) is 0 Å². The minimum Gasteiger partial charge on any atom is -0.324 e. The van der Waals surface area contributed by atoms with Gasteiger partial charge in [0.05, 0.1) is 12.5 Å². The van der Waals surface area contributed by atoms with Gasteiger partial charge in [0.2, 0.25) is 5.91 Å². The Morgan fingerprint density at radius 1 is 1.40 bits per heavy atom. The van der Waals surface area contributed by atoms with Crippen LogP contribution in [0, 0.1) is 0 Å². The second-order valence-electron chi connectivity index (χ2n) is 5.12. The summed E-state index contributed by atoms with van der Waals surface area (Å²) in [4.78, 5) is 12.0. The summed E-state index contributed by atoms with van der Waals surface area (Å²) in [5.41, 5.74) is 1.75. The van der Waals surface area contributed by atoms with Gasteiger partial charge in [-0.1, -0.05) is 18.2 Å². The van der Waals surface area contributed by atoms with Crippen LogP contribution in [-0.2, 0) is 11.2 Å². The van der Waals surface area contributed by atoms with Gasteiger partial charge in [0.15, 0.2) is 0 Å². The maximum absolute atomic E-state index is 12.3. The summed E-state index contributed by atoms with van der Waals surface area (Å²) >= 11 is 0. The third-order valence-electron chi connectivity index (χ3n) is 3.32. The average Bonchev–Trinajstić information content (AvgIpc) is 2.47. The molecule has 6 heteroatoms. The van der Waals surface area contributed by atoms with Gasteiger partial charge in [-0.15, -0.1) is 0 Å². The van der Waals surface area contributed by atoms with Crippen molar-refractivity contribution in [2.24, 2.45) is 0 Å². The van der Waals surface area contributed by atoms with Crippen LogP contribution in [-0.4, -0.2) is 24.2 Å². The van der Waals surface area contributed by atoms with Gasteiger partial charge < -0.3 is 10.6 Å². The fourth-order valence-electron chi connectivity index (χ4n) is 2.42. The molecule has 0 bridgehead atoms. The third kappa shape index (κ3) is 3.96. The molecule has 1 aliphatic rings. The Balaban J connectivity index is 2.00. The number of amides is 1. The van der Waals surface area contributed by atoms with Crippen molar-refractivity contribution in [2.75, 3.05) is 5.32 Å². The van der Waals surface area contributed by atoms with E-state index >= 15 is 0 Å². The molecule has 1 heterocycles. The predicted molar refractivity (Wildman–Crippen MR) is 70.5 cm³/mol. The Hall–Kier alpha value is -1.56. The van der Waals surface area contributed by atoms with Crippen LogP contribution in [0.15, 0.2) is 24.3 Å². The van der Waals surface area contributed by atoms with Crippen molar-refractivity contribution in [3.8, 4) is 0 Å². The molecule has 1 aromatic carbocycles. The Labute approximate surface area is 115 Å². The number of carbonyl (C=O) groups excluding carboxylic acids is 1. The molecular weight excluding hydrogens is 269 g/mol. The number of anilines is 1. The number of halogens is 3. The number of hydrogen-bond donors (Lipinski definition) is 2. The van der Waals surface area contributed by atoms with Crippen LogP contribution in [0.3, 0.4) is 0 Å². The first-order valence-corrected chi connectivity index (χ1v) is 6.57. The van der Waals surface area contributed by atoms with Crippen LogP contribution < -0.4 is 10.6 Å². The molecule has 0 aromatic heterocycles. The van der Waals surface area contributed by atoms with Gasteiger partial charge in [0.1, 0.15) is 0 Å². The highest BCUT2D eigenvalue weighted by molar-refractivity contribution is 5.96. The highest BCUT2D eigenvalue weighted by Crippen LogP contribution is 2.24. The second-order valence-corrected chi connectivity index (χ2v) is 5.12. The van der Waals surface area contributed by atoms with E-state index in [0.29, 0.717) is 12.8 Å². The lowest BCUT2D eigenvalue weighted by Crippen LogP contribution is -2.45. The fraction of sp³-hybridized carbons (Fsp3) is 0.500. The van der Waals surface area contributed by atoms with Crippen LogP contribution in [0.4, 0.5) is 18.9 Å². The molecule has 0 fully saturated rings. The lowest BCUT2D eigenvalue weighted by atomic mass is 10.0. The Kier molecular flexibility index (Phi) is 4.32. The van der Waals surface area contributed by atoms with Gasteiger partial charge in [-0.25, -0.2) is 0 Å². The van der Waals surface area contributed by atoms with Crippen LogP contribution >= 0.6 is 0 Å². The topological polar surface area (TPSA) is 41.1 Å². The fourth-order valence-corrected chi connectivity index (χ4v) is 2.42. The van der Waals surface area contributed by atoms with Crippen molar-refractivity contribution in [2.45, 2.75) is 44.4 Å². The zero-order valence-electron chi connectivity index (χ0n) is 11.1. The number of aryl methyl sites for hydroxylation is 1. The molecule has 0 spiro atoms. The molecule has 0 radical (unpaired) electrons. The van der Waals surface area contributed by atoms with E-state index in [1.54, 1.807) is 6.07 Å². The summed E-state index contributed by atoms with van der Waals surface area (Å²) < 4.78 is 36.9. The molecule has 110 valence electrons. The van der Waals surface area contributed by atoms with Crippen LogP contribution in [0.25, 0.3) is 0 Å². The monoisotopic (exact) mass is 286 g/mol. The van der Waals surface area contributed by atoms with E-state index in [2.05, 4.69) is 10.6 Å². The van der Waals surface area contributed by atoms with Gasteiger partial charge >= 0.3 is 6.18 Å². The molecule has 2 atom stereocenters. The van der Waals surface area contributed by atoms with Crippen molar-refractivity contribution in [3.05, 3.63) is 29.8 Å². The number of rotatable bonds is 3. The van der Waals surface area contributed by atoms with Gasteiger partial charge in [-0.2, -0.15) is 13.2 Å². The number of nitrogens with one attached hydrogen (secondary N) is 2. The number of hydrogen-bond acceptors (Lipinski definition) is 2. The molecule has 3 nitrogen and oxygen atoms in total. The Morgan fingerprint density at radius 3 is 2.80 bits per heavy atom. The smallest absolute Gasteiger partial charge is 0.324 e. The van der Waals surface area contributed by atoms with E-state index in [-0.39, 0.29) is 5.91 Å². The highest BCUT2D eigenvalue weighted by atomic mass is 19.4. The van der Waals surface area contributed by atoms with Gasteiger partial charge in [0.25, 0.3) is 0 Å². The number of fused-ring (bicyclic) bond motifs is 1. The molecular formula is C14H17F3N2O. The predicted octanol–water partition coefficient (Wildman–Crippen LogP) is 2.87. The SMILES string of the molecule is CC(CC(F)(F)F)NC1CCc2ccccc2NC1=O. The number of carbonyl (C=O) groups is 1. The number of alkyl halides is 3. The number of para-hydroxylation sites is 1. The lowest BCUT2D eigenvalue weighted by Gasteiger charge is -2.21. The van der Waals surface area contributed by atoms with Crippen LogP contribution in [0.5, 0.6) is 0 Å². The molecule has 20 heavy (non-hydrogen) atoms. The molecule has 0 saturated carbocycles. The minimum absolute atomic E-state index is 0.274. The summed E-state index contributed by atoms with van der Waals surface area (Å²) in [6.07, 6.45) is -4.02. The van der Waals surface area contributed by atoms with Gasteiger partial charge in [-0.05, 0) is 31.4 Å². The summed E-state index contributed by atoms with van der Waals surface area (Å²) in [6.45, 7) is 1.44. The summed E-state index contributed by atoms with van der Waals surface area (Å²) in [5, 5.41) is 5.53. The van der Waals surface area contributed by atoms with E-state index < -0.39 is 24.7 Å². The van der Waals surface area contributed by atoms with Crippen molar-refractivity contribution in [1.82, 2.24) is 5.32 Å². The van der Waals surface area contributed by atoms with Crippen molar-refractivity contribution >= 4 is 11.6 Å². The largest absolute Gasteiger partial charge is 0.390 e. The maximum atomic E-state index is 12.3. The Morgan fingerprint density at radius 2 is 2.10 bits per heavy atom. The number of benzene rings is 1. The van der Waals surface area contributed by atoms with E-state index in [1.165, 1.54) is 6.92 Å². The van der Waals surface area contributed by atoms with Crippen molar-refractivity contribution in [1.29, 1.82) is 0 Å². The van der Waals surface area contributed by atoms with Gasteiger partial charge in [0, 0.05) is 11.7 Å². The maximum Gasteiger partial charge on any atom is 0.390 e. The lowest BCUT2D eigenvalue weighted by molar-refractivity contribution is -0.140. The summed E-state index contributed by atoms with van der Waals surface area (Å²) in [7, 11) is 0. The summed E-state index contributed by atoms with van der Waals surface area (Å²) in [6, 6.07) is 6.03. The second kappa shape index (κ2) is 5.83. The quantitative estimate of drug-likeness (QED) is 0.897. The van der Waals surface area contributed by atoms with E-state index in [9.17, 15) is 18.0 Å². The Bertz CT molecular complexity index is 488. The zero-order chi connectivity index (χ0) is 14.8. The first-order chi connectivity index (χ1) is 9.35. The van der Waals surface area contributed by atoms with Crippen LogP contribution in [0.2, 0.25) is 0 Å². The van der Waals surface area contributed by atoms with E-state index in [0.717, 1.165) is 11.3 Å². The van der Waals surface area contributed by atoms with E-state index in [1.807, 2.05) is 18.2 Å². The molecule has 2 N–H and O–H groups in total. The first-order valence-electron chi connectivity index (χ1n) is 6.57. The molecule has 1 aromatic rings. The first kappa shape index (κ1) is 14.8. The van der Waals surface area contributed by atoms with Crippen molar-refractivity contribution in [3.63, 3.8) is 0 Å². The standard InChI is InChI=1S/C14H17F3N2O/c1-9(8-14(15,16)17)18-12-7-6-10-4-2-3-5-11(10)19-13(12)20/h2-5,9,12,18H,6-8H2,1H3,(H,19,20). The minimum atomic E-state index is -4.23. The van der Waals surface area contributed by atoms with Gasteiger partial charge in [-0.3, -0.25) is 4.79 Å². The molecule has 0 saturated heterocycles. The summed E-state index contributed by atoms with van der Waals surface area (Å²) in [5.74, 6) is -0.274. The normalized spacial score (nSPS) is 20.8. The molecule has 2 unspecified atom stereocenters. The zero-order valence-corrected chi connectivity index (χ0v) is 11.1.